The molecule has 3 N–H and O–H groups in total. The van der Waals surface area contributed by atoms with Gasteiger partial charge in [-0.2, -0.15) is 9.67 Å². The SMILES string of the molecule is CNC(=S)n1nc(-c2ccc(Br)cc2)nc1N. The van der Waals surface area contributed by atoms with Crippen molar-refractivity contribution in [3.05, 3.63) is 28.7 Å². The summed E-state index contributed by atoms with van der Waals surface area (Å²) in [7, 11) is 1.71. The van der Waals surface area contributed by atoms with Crippen molar-refractivity contribution < 1.29 is 0 Å². The van der Waals surface area contributed by atoms with Crippen molar-refractivity contribution in [2.75, 3.05) is 12.8 Å². The van der Waals surface area contributed by atoms with Crippen molar-refractivity contribution in [3.8, 4) is 11.4 Å². The van der Waals surface area contributed by atoms with Gasteiger partial charge in [0.1, 0.15) is 0 Å². The Morgan fingerprint density at radius 1 is 1.41 bits per heavy atom. The van der Waals surface area contributed by atoms with Crippen LogP contribution in [0.2, 0.25) is 0 Å². The molecule has 0 aliphatic rings. The van der Waals surface area contributed by atoms with Gasteiger partial charge in [0.2, 0.25) is 5.95 Å². The standard InChI is InChI=1S/C10H10BrN5S/c1-13-10(17)16-9(12)14-8(15-16)6-2-4-7(11)5-3-6/h2-5H,1H3,(H,13,17)(H2,12,14,15). The van der Waals surface area contributed by atoms with Crippen molar-refractivity contribution in [2.45, 2.75) is 0 Å². The van der Waals surface area contributed by atoms with Gasteiger partial charge in [0, 0.05) is 17.1 Å². The topological polar surface area (TPSA) is 68.8 Å². The van der Waals surface area contributed by atoms with Crippen LogP contribution in [0.4, 0.5) is 5.95 Å². The van der Waals surface area contributed by atoms with Crippen molar-refractivity contribution in [2.24, 2.45) is 0 Å². The van der Waals surface area contributed by atoms with Crippen molar-refractivity contribution in [3.63, 3.8) is 0 Å². The van der Waals surface area contributed by atoms with Gasteiger partial charge in [0.25, 0.3) is 0 Å². The summed E-state index contributed by atoms with van der Waals surface area (Å²) in [4.78, 5) is 4.17. The van der Waals surface area contributed by atoms with Gasteiger partial charge >= 0.3 is 0 Å². The lowest BCUT2D eigenvalue weighted by Crippen LogP contribution is -2.26. The Bertz CT molecular complexity index is 548. The number of hydrogen-bond acceptors (Lipinski definition) is 4. The summed E-state index contributed by atoms with van der Waals surface area (Å²) in [5.41, 5.74) is 6.62. The number of nitrogens with two attached hydrogens (primary N) is 1. The van der Waals surface area contributed by atoms with Gasteiger partial charge in [-0.05, 0) is 24.4 Å². The first-order chi connectivity index (χ1) is 8.11. The zero-order valence-corrected chi connectivity index (χ0v) is 11.4. The highest BCUT2D eigenvalue weighted by molar-refractivity contribution is 9.10. The molecule has 0 fully saturated rings. The van der Waals surface area contributed by atoms with E-state index in [1.807, 2.05) is 24.3 Å². The number of benzene rings is 1. The highest BCUT2D eigenvalue weighted by Crippen LogP contribution is 2.19. The predicted molar refractivity (Wildman–Crippen MR) is 74.6 cm³/mol. The molecule has 0 atom stereocenters. The van der Waals surface area contributed by atoms with Crippen LogP contribution < -0.4 is 11.1 Å². The van der Waals surface area contributed by atoms with Gasteiger partial charge in [0.15, 0.2) is 10.9 Å². The first kappa shape index (κ1) is 12.0. The summed E-state index contributed by atoms with van der Waals surface area (Å²) >= 11 is 8.43. The number of thiocarbonyl (C=S) groups is 1. The number of anilines is 1. The van der Waals surface area contributed by atoms with Gasteiger partial charge in [0.05, 0.1) is 0 Å². The van der Waals surface area contributed by atoms with Crippen LogP contribution in [0.5, 0.6) is 0 Å². The van der Waals surface area contributed by atoms with Gasteiger partial charge in [-0.15, -0.1) is 5.10 Å². The summed E-state index contributed by atoms with van der Waals surface area (Å²) in [5, 5.41) is 7.46. The molecule has 1 aromatic heterocycles. The molecular formula is C10H10BrN5S. The second kappa shape index (κ2) is 4.80. The Balaban J connectivity index is 2.41. The van der Waals surface area contributed by atoms with Crippen LogP contribution >= 0.6 is 28.1 Å². The average molecular weight is 312 g/mol. The molecule has 0 saturated heterocycles. The third kappa shape index (κ3) is 2.45. The van der Waals surface area contributed by atoms with E-state index < -0.39 is 0 Å². The fourth-order valence-corrected chi connectivity index (χ4v) is 1.70. The molecule has 17 heavy (non-hydrogen) atoms. The minimum absolute atomic E-state index is 0.266. The fourth-order valence-electron chi connectivity index (χ4n) is 1.30. The van der Waals surface area contributed by atoms with E-state index in [1.54, 1.807) is 7.05 Å². The maximum Gasteiger partial charge on any atom is 0.226 e. The smallest absolute Gasteiger partial charge is 0.226 e. The normalized spacial score (nSPS) is 10.2. The van der Waals surface area contributed by atoms with E-state index in [1.165, 1.54) is 4.68 Å². The molecule has 2 rings (SSSR count). The maximum atomic E-state index is 5.74. The highest BCUT2D eigenvalue weighted by Gasteiger charge is 2.11. The number of rotatable bonds is 1. The molecule has 0 spiro atoms. The lowest BCUT2D eigenvalue weighted by molar-refractivity contribution is 0.915. The first-order valence-electron chi connectivity index (χ1n) is 4.82. The quantitative estimate of drug-likeness (QED) is 0.784. The highest BCUT2D eigenvalue weighted by atomic mass is 79.9. The number of halogens is 1. The second-order valence-electron chi connectivity index (χ2n) is 3.27. The van der Waals surface area contributed by atoms with E-state index in [0.29, 0.717) is 10.9 Å². The summed E-state index contributed by atoms with van der Waals surface area (Å²) in [5.74, 6) is 0.815. The number of nitrogens with zero attached hydrogens (tertiary/aromatic N) is 3. The van der Waals surface area contributed by atoms with Crippen molar-refractivity contribution in [1.29, 1.82) is 0 Å². The Morgan fingerprint density at radius 2 is 2.06 bits per heavy atom. The molecule has 0 amide bonds. The number of nitrogen functional groups attached to an aromatic ring is 1. The van der Waals surface area contributed by atoms with Gasteiger partial charge in [-0.25, -0.2) is 0 Å². The minimum atomic E-state index is 0.266. The number of aromatic nitrogens is 3. The van der Waals surface area contributed by atoms with Crippen LogP contribution in [0.25, 0.3) is 11.4 Å². The lowest BCUT2D eigenvalue weighted by atomic mass is 10.2. The first-order valence-corrected chi connectivity index (χ1v) is 6.02. The molecular weight excluding hydrogens is 302 g/mol. The molecule has 0 bridgehead atoms. The zero-order valence-electron chi connectivity index (χ0n) is 9.01. The van der Waals surface area contributed by atoms with E-state index in [0.717, 1.165) is 10.0 Å². The van der Waals surface area contributed by atoms with Crippen LogP contribution in [0.3, 0.4) is 0 Å². The molecule has 88 valence electrons. The zero-order chi connectivity index (χ0) is 12.4. The summed E-state index contributed by atoms with van der Waals surface area (Å²) in [6.45, 7) is 0. The molecule has 7 heteroatoms. The Kier molecular flexibility index (Phi) is 3.39. The Labute approximate surface area is 112 Å². The average Bonchev–Trinajstić information content (AvgIpc) is 2.71. The van der Waals surface area contributed by atoms with Crippen molar-refractivity contribution in [1.82, 2.24) is 20.1 Å². The molecule has 0 radical (unpaired) electrons. The maximum absolute atomic E-state index is 5.74. The van der Waals surface area contributed by atoms with Crippen LogP contribution in [-0.4, -0.2) is 26.9 Å². The monoisotopic (exact) mass is 311 g/mol. The molecule has 5 nitrogen and oxygen atoms in total. The van der Waals surface area contributed by atoms with Gasteiger partial charge in [-0.3, -0.25) is 0 Å². The molecule has 0 aliphatic carbocycles. The lowest BCUT2D eigenvalue weighted by Gasteiger charge is -2.01. The Hall–Kier alpha value is -1.47. The minimum Gasteiger partial charge on any atom is -0.368 e. The van der Waals surface area contributed by atoms with E-state index in [-0.39, 0.29) is 5.95 Å². The molecule has 2 aromatic rings. The van der Waals surface area contributed by atoms with Crippen LogP contribution in [0, 0.1) is 0 Å². The van der Waals surface area contributed by atoms with Crippen molar-refractivity contribution >= 4 is 39.2 Å². The van der Waals surface area contributed by atoms with E-state index in [9.17, 15) is 0 Å². The second-order valence-corrected chi connectivity index (χ2v) is 4.57. The Morgan fingerprint density at radius 3 is 2.65 bits per heavy atom. The molecule has 0 unspecified atom stereocenters. The van der Waals surface area contributed by atoms with Gasteiger partial charge < -0.3 is 11.1 Å². The van der Waals surface area contributed by atoms with E-state index >= 15 is 0 Å². The largest absolute Gasteiger partial charge is 0.368 e. The fraction of sp³-hybridized carbons (Fsp3) is 0.100. The molecule has 1 heterocycles. The van der Waals surface area contributed by atoms with E-state index in [2.05, 4.69) is 31.3 Å². The van der Waals surface area contributed by atoms with Crippen LogP contribution in [0.15, 0.2) is 28.7 Å². The van der Waals surface area contributed by atoms with Crippen LogP contribution in [-0.2, 0) is 0 Å². The predicted octanol–water partition coefficient (Wildman–Crippen LogP) is 1.64. The molecule has 0 aliphatic heterocycles. The van der Waals surface area contributed by atoms with E-state index in [4.69, 9.17) is 18.0 Å². The van der Waals surface area contributed by atoms with Gasteiger partial charge in [-0.1, -0.05) is 28.1 Å². The summed E-state index contributed by atoms with van der Waals surface area (Å²) < 4.78 is 2.39. The molecule has 1 aromatic carbocycles. The summed E-state index contributed by atoms with van der Waals surface area (Å²) in [6, 6.07) is 7.66. The third-order valence-electron chi connectivity index (χ3n) is 2.14. The third-order valence-corrected chi connectivity index (χ3v) is 3.05. The summed E-state index contributed by atoms with van der Waals surface area (Å²) in [6.07, 6.45) is 0. The van der Waals surface area contributed by atoms with Crippen LogP contribution in [0.1, 0.15) is 0 Å². The molecule has 0 saturated carbocycles. The number of hydrogen-bond donors (Lipinski definition) is 2. The number of nitrogens with one attached hydrogen (secondary N) is 1.